The summed E-state index contributed by atoms with van der Waals surface area (Å²) in [7, 11) is 1.55. The zero-order valence-electron chi connectivity index (χ0n) is 19.0. The standard InChI is InChI=1S/C23H26Cl3N3O4/c1-23(2,3)33-22(30)29-9-8-28-11-14-20(32-12-13(28)10-29)18(25)19(27-21(14)26)17-15(24)6-5-7-16(17)31-4/h5-7,13H,8-12H2,1-4H3/t13-/m1/s1. The second kappa shape index (κ2) is 9.37. The van der Waals surface area contributed by atoms with Crippen molar-refractivity contribution in [1.82, 2.24) is 14.8 Å². The minimum absolute atomic E-state index is 0.0379. The average Bonchev–Trinajstić information content (AvgIpc) is 2.95. The van der Waals surface area contributed by atoms with Crippen molar-refractivity contribution in [2.45, 2.75) is 39.0 Å². The summed E-state index contributed by atoms with van der Waals surface area (Å²) in [6.45, 7) is 8.10. The smallest absolute Gasteiger partial charge is 0.410 e. The summed E-state index contributed by atoms with van der Waals surface area (Å²) in [6.07, 6.45) is -0.324. The van der Waals surface area contributed by atoms with Gasteiger partial charge in [-0.2, -0.15) is 0 Å². The Morgan fingerprint density at radius 3 is 2.67 bits per heavy atom. The zero-order valence-corrected chi connectivity index (χ0v) is 21.2. The van der Waals surface area contributed by atoms with Crippen molar-refractivity contribution < 1.29 is 19.0 Å². The lowest BCUT2D eigenvalue weighted by Gasteiger charge is -2.40. The van der Waals surface area contributed by atoms with Crippen LogP contribution in [0, 0.1) is 0 Å². The van der Waals surface area contributed by atoms with Gasteiger partial charge in [0.1, 0.15) is 33.9 Å². The molecule has 1 aromatic heterocycles. The molecule has 0 radical (unpaired) electrons. The van der Waals surface area contributed by atoms with Gasteiger partial charge >= 0.3 is 6.09 Å². The fourth-order valence-corrected chi connectivity index (χ4v) is 4.83. The topological polar surface area (TPSA) is 64.1 Å². The molecule has 0 N–H and O–H groups in total. The van der Waals surface area contributed by atoms with Crippen LogP contribution in [0.1, 0.15) is 26.3 Å². The van der Waals surface area contributed by atoms with Crippen LogP contribution in [0.3, 0.4) is 0 Å². The normalized spacial score (nSPS) is 18.6. The molecule has 2 aromatic rings. The van der Waals surface area contributed by atoms with Crippen molar-refractivity contribution in [2.75, 3.05) is 33.4 Å². The lowest BCUT2D eigenvalue weighted by molar-refractivity contribution is -0.00154. The molecule has 1 amide bonds. The minimum Gasteiger partial charge on any atom is -0.496 e. The predicted molar refractivity (Wildman–Crippen MR) is 129 cm³/mol. The van der Waals surface area contributed by atoms with Crippen molar-refractivity contribution in [3.63, 3.8) is 0 Å². The first-order valence-corrected chi connectivity index (χ1v) is 11.8. The van der Waals surface area contributed by atoms with E-state index in [1.165, 1.54) is 0 Å². The highest BCUT2D eigenvalue weighted by Crippen LogP contribution is 2.46. The number of ether oxygens (including phenoxy) is 3. The third kappa shape index (κ3) is 4.97. The summed E-state index contributed by atoms with van der Waals surface area (Å²) in [6, 6.07) is 5.27. The number of piperazine rings is 1. The van der Waals surface area contributed by atoms with Crippen LogP contribution in [0.15, 0.2) is 18.2 Å². The maximum Gasteiger partial charge on any atom is 0.410 e. The Hall–Kier alpha value is -1.93. The maximum atomic E-state index is 12.6. The van der Waals surface area contributed by atoms with E-state index in [2.05, 4.69) is 9.88 Å². The lowest BCUT2D eigenvalue weighted by atomic mass is 10.1. The minimum atomic E-state index is -0.548. The summed E-state index contributed by atoms with van der Waals surface area (Å²) >= 11 is 19.9. The number of fused-ring (bicyclic) bond motifs is 2. The van der Waals surface area contributed by atoms with Crippen LogP contribution in [0.5, 0.6) is 11.5 Å². The number of halogens is 3. The highest BCUT2D eigenvalue weighted by Gasteiger charge is 2.36. The summed E-state index contributed by atoms with van der Waals surface area (Å²) in [5, 5.41) is 1.06. The van der Waals surface area contributed by atoms with Crippen LogP contribution < -0.4 is 9.47 Å². The molecule has 0 aliphatic carbocycles. The molecule has 33 heavy (non-hydrogen) atoms. The highest BCUT2D eigenvalue weighted by molar-refractivity contribution is 6.38. The molecule has 178 valence electrons. The van der Waals surface area contributed by atoms with Gasteiger partial charge in [0.2, 0.25) is 0 Å². The monoisotopic (exact) mass is 513 g/mol. The number of aromatic nitrogens is 1. The quantitative estimate of drug-likeness (QED) is 0.491. The van der Waals surface area contributed by atoms with Crippen LogP contribution in [0.25, 0.3) is 11.3 Å². The van der Waals surface area contributed by atoms with E-state index >= 15 is 0 Å². The van der Waals surface area contributed by atoms with Gasteiger partial charge < -0.3 is 19.1 Å². The van der Waals surface area contributed by atoms with E-state index in [0.717, 1.165) is 0 Å². The van der Waals surface area contributed by atoms with Crippen LogP contribution in [0.2, 0.25) is 15.2 Å². The number of methoxy groups -OCH3 is 1. The molecule has 4 rings (SSSR count). The first kappa shape index (κ1) is 24.2. The van der Waals surface area contributed by atoms with Crippen molar-refractivity contribution in [3.05, 3.63) is 39.0 Å². The van der Waals surface area contributed by atoms with E-state index in [-0.39, 0.29) is 12.1 Å². The van der Waals surface area contributed by atoms with Crippen LogP contribution in [-0.2, 0) is 11.3 Å². The summed E-state index contributed by atoms with van der Waals surface area (Å²) < 4.78 is 17.2. The molecular formula is C23H26Cl3N3O4. The van der Waals surface area contributed by atoms with Crippen LogP contribution >= 0.6 is 34.8 Å². The largest absolute Gasteiger partial charge is 0.496 e. The van der Waals surface area contributed by atoms with Gasteiger partial charge in [0.25, 0.3) is 0 Å². The van der Waals surface area contributed by atoms with E-state index < -0.39 is 5.60 Å². The van der Waals surface area contributed by atoms with Crippen molar-refractivity contribution in [2.24, 2.45) is 0 Å². The van der Waals surface area contributed by atoms with Gasteiger partial charge in [-0.25, -0.2) is 9.78 Å². The molecule has 10 heteroatoms. The fraction of sp³-hybridized carbons (Fsp3) is 0.478. The number of carbonyl (C=O) groups is 1. The summed E-state index contributed by atoms with van der Waals surface area (Å²) in [4.78, 5) is 21.1. The molecule has 3 heterocycles. The number of pyridine rings is 1. The lowest BCUT2D eigenvalue weighted by Crippen LogP contribution is -2.56. The number of carbonyl (C=O) groups excluding carboxylic acids is 1. The van der Waals surface area contributed by atoms with Gasteiger partial charge in [0.15, 0.2) is 0 Å². The van der Waals surface area contributed by atoms with Crippen LogP contribution in [-0.4, -0.2) is 65.9 Å². The van der Waals surface area contributed by atoms with Gasteiger partial charge in [-0.1, -0.05) is 40.9 Å². The molecule has 2 aliphatic rings. The molecule has 2 aliphatic heterocycles. The number of hydrogen-bond acceptors (Lipinski definition) is 6. The van der Waals surface area contributed by atoms with E-state index in [1.54, 1.807) is 30.2 Å². The Kier molecular flexibility index (Phi) is 6.87. The number of hydrogen-bond donors (Lipinski definition) is 0. The van der Waals surface area contributed by atoms with Crippen molar-refractivity contribution in [1.29, 1.82) is 0 Å². The van der Waals surface area contributed by atoms with E-state index in [1.807, 2.05) is 20.8 Å². The van der Waals surface area contributed by atoms with Gasteiger partial charge in [-0.3, -0.25) is 4.90 Å². The third-order valence-corrected chi connectivity index (χ3v) is 6.59. The van der Waals surface area contributed by atoms with E-state index in [0.29, 0.717) is 76.3 Å². The second-order valence-electron chi connectivity index (χ2n) is 9.05. The Morgan fingerprint density at radius 1 is 1.21 bits per heavy atom. The van der Waals surface area contributed by atoms with E-state index in [9.17, 15) is 4.79 Å². The molecule has 1 fully saturated rings. The molecule has 0 bridgehead atoms. The molecule has 1 aromatic carbocycles. The third-order valence-electron chi connectivity index (χ3n) is 5.61. The number of nitrogens with zero attached hydrogens (tertiary/aromatic N) is 3. The van der Waals surface area contributed by atoms with Crippen LogP contribution in [0.4, 0.5) is 4.79 Å². The van der Waals surface area contributed by atoms with Gasteiger partial charge in [0, 0.05) is 31.7 Å². The fourth-order valence-electron chi connectivity index (χ4n) is 4.04. The molecule has 0 saturated carbocycles. The van der Waals surface area contributed by atoms with Crippen molar-refractivity contribution >= 4 is 40.9 Å². The molecule has 1 saturated heterocycles. The average molecular weight is 515 g/mol. The number of benzene rings is 1. The number of rotatable bonds is 2. The Bertz CT molecular complexity index is 1070. The molecule has 0 spiro atoms. The SMILES string of the molecule is COc1cccc(Cl)c1-c1nc(Cl)c2c(c1Cl)OC[C@H]1CN(C(=O)OC(C)(C)C)CCN1C2. The first-order chi connectivity index (χ1) is 15.6. The predicted octanol–water partition coefficient (Wildman–Crippen LogP) is 5.53. The highest BCUT2D eigenvalue weighted by atomic mass is 35.5. The molecule has 0 unspecified atom stereocenters. The van der Waals surface area contributed by atoms with Gasteiger partial charge in [-0.15, -0.1) is 0 Å². The Labute approximate surface area is 208 Å². The maximum absolute atomic E-state index is 12.6. The van der Waals surface area contributed by atoms with Gasteiger partial charge in [-0.05, 0) is 32.9 Å². The Morgan fingerprint density at radius 2 is 1.97 bits per heavy atom. The molecular weight excluding hydrogens is 489 g/mol. The Balaban J connectivity index is 1.63. The summed E-state index contributed by atoms with van der Waals surface area (Å²) in [5.41, 5.74) is 1.12. The van der Waals surface area contributed by atoms with Crippen molar-refractivity contribution in [3.8, 4) is 22.8 Å². The first-order valence-electron chi connectivity index (χ1n) is 10.6. The second-order valence-corrected chi connectivity index (χ2v) is 10.2. The summed E-state index contributed by atoms with van der Waals surface area (Å²) in [5.74, 6) is 1.01. The number of amides is 1. The van der Waals surface area contributed by atoms with E-state index in [4.69, 9.17) is 49.0 Å². The van der Waals surface area contributed by atoms with Gasteiger partial charge in [0.05, 0.1) is 29.4 Å². The molecule has 7 nitrogen and oxygen atoms in total. The molecule has 1 atom stereocenters. The zero-order chi connectivity index (χ0) is 23.9.